The monoisotopic (exact) mass is 355 g/mol. The van der Waals surface area contributed by atoms with E-state index in [2.05, 4.69) is 0 Å². The average Bonchev–Trinajstić information content (AvgIpc) is 2.51. The number of carbonyl (C=O) groups excluding carboxylic acids is 1. The van der Waals surface area contributed by atoms with Gasteiger partial charge in [-0.2, -0.15) is 0 Å². The van der Waals surface area contributed by atoms with Crippen LogP contribution in [0.3, 0.4) is 0 Å². The summed E-state index contributed by atoms with van der Waals surface area (Å²) >= 11 is 5.83. The van der Waals surface area contributed by atoms with Crippen LogP contribution in [0.4, 0.5) is 10.1 Å². The lowest BCUT2D eigenvalue weighted by Gasteiger charge is -2.17. The third-order valence-electron chi connectivity index (χ3n) is 3.29. The van der Waals surface area contributed by atoms with Crippen LogP contribution in [0.25, 0.3) is 0 Å². The van der Waals surface area contributed by atoms with Crippen molar-refractivity contribution in [2.75, 3.05) is 17.7 Å². The first kappa shape index (κ1) is 17.4. The average molecular weight is 356 g/mol. The summed E-state index contributed by atoms with van der Waals surface area (Å²) in [5.74, 6) is -2.63. The van der Waals surface area contributed by atoms with E-state index in [0.29, 0.717) is 5.69 Å². The number of halogens is 2. The number of nitrogens with zero attached hydrogens (tertiary/aromatic N) is 1. The number of benzene rings is 2. The van der Waals surface area contributed by atoms with Crippen LogP contribution in [0.1, 0.15) is 5.56 Å². The first-order valence-electron chi connectivity index (χ1n) is 6.75. The molecule has 0 saturated carbocycles. The second-order valence-corrected chi connectivity index (χ2v) is 7.49. The van der Waals surface area contributed by atoms with Gasteiger partial charge in [0.2, 0.25) is 5.91 Å². The summed E-state index contributed by atoms with van der Waals surface area (Å²) in [5.41, 5.74) is 0.459. The van der Waals surface area contributed by atoms with Crippen molar-refractivity contribution in [3.63, 3.8) is 0 Å². The molecule has 0 spiro atoms. The predicted octanol–water partition coefficient (Wildman–Crippen LogP) is 3.06. The highest BCUT2D eigenvalue weighted by Gasteiger charge is 2.23. The van der Waals surface area contributed by atoms with Gasteiger partial charge in [0.15, 0.2) is 9.84 Å². The Morgan fingerprint density at radius 1 is 1.13 bits per heavy atom. The van der Waals surface area contributed by atoms with E-state index in [1.54, 1.807) is 30.3 Å². The molecule has 0 fully saturated rings. The molecule has 0 atom stereocenters. The smallest absolute Gasteiger partial charge is 0.241 e. The van der Waals surface area contributed by atoms with Crippen molar-refractivity contribution in [3.05, 3.63) is 64.9 Å². The molecule has 0 saturated heterocycles. The number of sulfone groups is 1. The summed E-state index contributed by atoms with van der Waals surface area (Å²) in [6.45, 7) is 0. The van der Waals surface area contributed by atoms with Gasteiger partial charge in [-0.15, -0.1) is 0 Å². The number of rotatable bonds is 5. The molecule has 0 aliphatic rings. The van der Waals surface area contributed by atoms with Crippen LogP contribution in [0.5, 0.6) is 0 Å². The molecular formula is C16H15ClFNO3S. The van der Waals surface area contributed by atoms with E-state index in [0.717, 1.165) is 6.07 Å². The van der Waals surface area contributed by atoms with E-state index in [1.807, 2.05) is 0 Å². The van der Waals surface area contributed by atoms with Gasteiger partial charge in [-0.25, -0.2) is 12.8 Å². The Bertz CT molecular complexity index is 789. The van der Waals surface area contributed by atoms with Crippen molar-refractivity contribution in [2.45, 2.75) is 5.75 Å². The molecule has 23 heavy (non-hydrogen) atoms. The van der Waals surface area contributed by atoms with E-state index in [9.17, 15) is 17.6 Å². The van der Waals surface area contributed by atoms with Gasteiger partial charge in [-0.3, -0.25) is 4.79 Å². The molecular weight excluding hydrogens is 341 g/mol. The highest BCUT2D eigenvalue weighted by molar-refractivity contribution is 7.91. The zero-order valence-corrected chi connectivity index (χ0v) is 13.9. The number of hydrogen-bond donors (Lipinski definition) is 0. The van der Waals surface area contributed by atoms with Crippen molar-refractivity contribution in [1.82, 2.24) is 0 Å². The highest BCUT2D eigenvalue weighted by atomic mass is 35.5. The van der Waals surface area contributed by atoms with Crippen molar-refractivity contribution in [3.8, 4) is 0 Å². The van der Waals surface area contributed by atoms with Gasteiger partial charge in [0.25, 0.3) is 0 Å². The molecule has 2 rings (SSSR count). The molecule has 0 aromatic heterocycles. The molecule has 0 heterocycles. The van der Waals surface area contributed by atoms with E-state index >= 15 is 0 Å². The van der Waals surface area contributed by atoms with Crippen LogP contribution in [-0.2, 0) is 20.4 Å². The lowest BCUT2D eigenvalue weighted by Crippen LogP contribution is -2.33. The predicted molar refractivity (Wildman–Crippen MR) is 88.8 cm³/mol. The Labute approximate surface area is 139 Å². The summed E-state index contributed by atoms with van der Waals surface area (Å²) in [6, 6.07) is 12.6. The molecule has 0 aliphatic carbocycles. The number of para-hydroxylation sites is 1. The van der Waals surface area contributed by atoms with Crippen LogP contribution in [0.2, 0.25) is 5.02 Å². The summed E-state index contributed by atoms with van der Waals surface area (Å²) < 4.78 is 38.1. The molecule has 1 amide bonds. The maximum atomic E-state index is 13.7. The Kier molecular flexibility index (Phi) is 5.38. The molecule has 2 aromatic carbocycles. The first-order valence-corrected chi connectivity index (χ1v) is 8.95. The Morgan fingerprint density at radius 3 is 2.39 bits per heavy atom. The zero-order chi connectivity index (χ0) is 17.0. The fourth-order valence-corrected chi connectivity index (χ4v) is 3.74. The van der Waals surface area contributed by atoms with Gasteiger partial charge in [-0.05, 0) is 24.3 Å². The largest absolute Gasteiger partial charge is 0.315 e. The van der Waals surface area contributed by atoms with Crippen LogP contribution < -0.4 is 4.90 Å². The maximum Gasteiger partial charge on any atom is 0.241 e. The topological polar surface area (TPSA) is 54.5 Å². The van der Waals surface area contributed by atoms with Crippen molar-refractivity contribution < 1.29 is 17.6 Å². The number of amides is 1. The number of hydrogen-bond acceptors (Lipinski definition) is 3. The quantitative estimate of drug-likeness (QED) is 0.828. The summed E-state index contributed by atoms with van der Waals surface area (Å²) in [6.07, 6.45) is 0. The van der Waals surface area contributed by atoms with Gasteiger partial charge < -0.3 is 4.90 Å². The van der Waals surface area contributed by atoms with Crippen molar-refractivity contribution >= 4 is 33.0 Å². The van der Waals surface area contributed by atoms with Crippen molar-refractivity contribution in [2.24, 2.45) is 0 Å². The molecule has 7 heteroatoms. The van der Waals surface area contributed by atoms with Gasteiger partial charge in [0.1, 0.15) is 11.6 Å². The third-order valence-corrected chi connectivity index (χ3v) is 5.06. The Morgan fingerprint density at radius 2 is 1.78 bits per heavy atom. The zero-order valence-electron chi connectivity index (χ0n) is 12.4. The van der Waals surface area contributed by atoms with Crippen LogP contribution in [-0.4, -0.2) is 27.1 Å². The molecule has 0 unspecified atom stereocenters. The standard InChI is InChI=1S/C16H15ClFNO3S/c1-19(12-6-3-2-4-7-12)16(20)11-23(21,22)10-13-14(17)8-5-9-15(13)18/h2-9H,10-11H2,1H3. The Balaban J connectivity index is 2.14. The minimum atomic E-state index is -3.85. The molecule has 0 radical (unpaired) electrons. The minimum Gasteiger partial charge on any atom is -0.315 e. The fourth-order valence-electron chi connectivity index (χ4n) is 2.02. The minimum absolute atomic E-state index is 0.0254. The Hall–Kier alpha value is -1.92. The third kappa shape index (κ3) is 4.53. The van der Waals surface area contributed by atoms with Gasteiger partial charge in [-0.1, -0.05) is 35.9 Å². The van der Waals surface area contributed by atoms with Gasteiger partial charge in [0.05, 0.1) is 5.75 Å². The van der Waals surface area contributed by atoms with E-state index < -0.39 is 33.1 Å². The van der Waals surface area contributed by atoms with E-state index in [4.69, 9.17) is 11.6 Å². The molecule has 0 aliphatic heterocycles. The summed E-state index contributed by atoms with van der Waals surface area (Å²) in [7, 11) is -2.36. The maximum absolute atomic E-state index is 13.7. The fraction of sp³-hybridized carbons (Fsp3) is 0.188. The molecule has 0 bridgehead atoms. The lowest BCUT2D eigenvalue weighted by molar-refractivity contribution is -0.115. The van der Waals surface area contributed by atoms with Crippen molar-refractivity contribution in [1.29, 1.82) is 0 Å². The summed E-state index contributed by atoms with van der Waals surface area (Å²) in [4.78, 5) is 13.4. The SMILES string of the molecule is CN(C(=O)CS(=O)(=O)Cc1c(F)cccc1Cl)c1ccccc1. The highest BCUT2D eigenvalue weighted by Crippen LogP contribution is 2.22. The molecule has 4 nitrogen and oxygen atoms in total. The molecule has 122 valence electrons. The number of anilines is 1. The second kappa shape index (κ2) is 7.10. The van der Waals surface area contributed by atoms with E-state index in [1.165, 1.54) is 24.1 Å². The van der Waals surface area contributed by atoms with E-state index in [-0.39, 0.29) is 10.6 Å². The molecule has 0 N–H and O–H groups in total. The second-order valence-electron chi connectivity index (χ2n) is 5.02. The van der Waals surface area contributed by atoms with Gasteiger partial charge in [0, 0.05) is 23.3 Å². The van der Waals surface area contributed by atoms with Crippen LogP contribution >= 0.6 is 11.6 Å². The normalized spacial score (nSPS) is 11.3. The molecule has 2 aromatic rings. The number of carbonyl (C=O) groups is 1. The summed E-state index contributed by atoms with van der Waals surface area (Å²) in [5, 5.41) is 0.0254. The van der Waals surface area contributed by atoms with Crippen LogP contribution in [0, 0.1) is 5.82 Å². The lowest BCUT2D eigenvalue weighted by atomic mass is 10.2. The van der Waals surface area contributed by atoms with Gasteiger partial charge >= 0.3 is 0 Å². The van der Waals surface area contributed by atoms with Crippen LogP contribution in [0.15, 0.2) is 48.5 Å². The first-order chi connectivity index (χ1) is 10.8.